The van der Waals surface area contributed by atoms with E-state index in [0.29, 0.717) is 22.9 Å². The smallest absolute Gasteiger partial charge is 0.287 e. The fourth-order valence-electron chi connectivity index (χ4n) is 3.41. The Labute approximate surface area is 148 Å². The molecule has 0 radical (unpaired) electrons. The summed E-state index contributed by atoms with van der Waals surface area (Å²) in [7, 11) is 0. The van der Waals surface area contributed by atoms with Gasteiger partial charge in [0.2, 0.25) is 0 Å². The molecule has 1 fully saturated rings. The molecule has 1 N–H and O–H groups in total. The lowest BCUT2D eigenvalue weighted by Gasteiger charge is -2.41. The van der Waals surface area contributed by atoms with Crippen LogP contribution in [0.4, 0.5) is 0 Å². The maximum Gasteiger partial charge on any atom is 0.287 e. The van der Waals surface area contributed by atoms with Crippen molar-refractivity contribution in [2.45, 2.75) is 45.6 Å². The summed E-state index contributed by atoms with van der Waals surface area (Å²) in [5.41, 5.74) is 1.35. The highest BCUT2D eigenvalue weighted by atomic mass is 35.5. The zero-order valence-electron chi connectivity index (χ0n) is 14.6. The number of likely N-dealkylation sites (tertiary alicyclic amines) is 1. The number of aryl methyl sites for hydroxylation is 1. The van der Waals surface area contributed by atoms with E-state index in [1.807, 2.05) is 19.1 Å². The zero-order valence-corrected chi connectivity index (χ0v) is 15.4. The van der Waals surface area contributed by atoms with Crippen molar-refractivity contribution < 1.29 is 9.21 Å². The van der Waals surface area contributed by atoms with Gasteiger partial charge in [-0.05, 0) is 52.8 Å². The molecule has 0 unspecified atom stereocenters. The van der Waals surface area contributed by atoms with Crippen molar-refractivity contribution in [1.29, 1.82) is 0 Å². The van der Waals surface area contributed by atoms with Crippen molar-refractivity contribution in [2.24, 2.45) is 0 Å². The molecule has 4 nitrogen and oxygen atoms in total. The van der Waals surface area contributed by atoms with Gasteiger partial charge in [0.15, 0.2) is 11.3 Å². The van der Waals surface area contributed by atoms with E-state index >= 15 is 0 Å². The Morgan fingerprint density at radius 3 is 2.67 bits per heavy atom. The second-order valence-electron chi connectivity index (χ2n) is 7.22. The number of hydrogen-bond donors (Lipinski definition) is 1. The van der Waals surface area contributed by atoms with Gasteiger partial charge in [-0.2, -0.15) is 0 Å². The maximum atomic E-state index is 12.6. The number of hydrogen-bond acceptors (Lipinski definition) is 3. The largest absolute Gasteiger partial charge is 0.449 e. The molecule has 130 valence electrons. The number of amides is 1. The lowest BCUT2D eigenvalue weighted by atomic mass is 9.98. The summed E-state index contributed by atoms with van der Waals surface area (Å²) in [5, 5.41) is 4.46. The van der Waals surface area contributed by atoms with Crippen LogP contribution in [0.3, 0.4) is 0 Å². The van der Waals surface area contributed by atoms with Crippen LogP contribution in [0.15, 0.2) is 22.6 Å². The number of benzene rings is 1. The van der Waals surface area contributed by atoms with Crippen molar-refractivity contribution in [3.63, 3.8) is 0 Å². The second-order valence-corrected chi connectivity index (χ2v) is 7.62. The molecule has 5 heteroatoms. The van der Waals surface area contributed by atoms with Crippen molar-refractivity contribution in [1.82, 2.24) is 10.2 Å². The minimum atomic E-state index is -0.176. The Balaban J connectivity index is 1.73. The number of nitrogens with one attached hydrogen (secondary N) is 1. The number of fused-ring (bicyclic) bond motifs is 1. The summed E-state index contributed by atoms with van der Waals surface area (Å²) < 4.78 is 5.74. The zero-order chi connectivity index (χ0) is 17.3. The minimum absolute atomic E-state index is 0.0619. The molecule has 0 bridgehead atoms. The molecule has 1 aliphatic heterocycles. The first-order valence-corrected chi connectivity index (χ1v) is 8.99. The molecule has 2 aromatic rings. The van der Waals surface area contributed by atoms with Gasteiger partial charge in [-0.1, -0.05) is 30.2 Å². The van der Waals surface area contributed by atoms with E-state index in [0.717, 1.165) is 24.0 Å². The standard InChI is InChI=1S/C19H25ClN2O2/c1-13-14-8-7-9-15(20)17(14)24-16(13)18(23)21-12-19(2,3)22-10-5-4-6-11-22/h7-9H,4-6,10-12H2,1-3H3,(H,21,23). The van der Waals surface area contributed by atoms with Crippen molar-refractivity contribution in [3.05, 3.63) is 34.5 Å². The monoisotopic (exact) mass is 348 g/mol. The van der Waals surface area contributed by atoms with Crippen LogP contribution < -0.4 is 5.32 Å². The van der Waals surface area contributed by atoms with Crippen LogP contribution in [0, 0.1) is 6.92 Å². The lowest BCUT2D eigenvalue weighted by Crippen LogP contribution is -2.53. The first-order chi connectivity index (χ1) is 11.4. The summed E-state index contributed by atoms with van der Waals surface area (Å²) in [6.45, 7) is 9.05. The SMILES string of the molecule is Cc1c(C(=O)NCC(C)(C)N2CCCCC2)oc2c(Cl)cccc12. The lowest BCUT2D eigenvalue weighted by molar-refractivity contribution is 0.0780. The number of para-hydroxylation sites is 1. The van der Waals surface area contributed by atoms with Crippen molar-refractivity contribution in [2.75, 3.05) is 19.6 Å². The molecule has 1 aromatic heterocycles. The van der Waals surface area contributed by atoms with Gasteiger partial charge in [0, 0.05) is 23.0 Å². The summed E-state index contributed by atoms with van der Waals surface area (Å²) in [4.78, 5) is 15.1. The Morgan fingerprint density at radius 1 is 1.29 bits per heavy atom. The van der Waals surface area contributed by atoms with E-state index in [-0.39, 0.29) is 11.4 Å². The Hall–Kier alpha value is -1.52. The molecule has 1 saturated heterocycles. The number of carbonyl (C=O) groups excluding carboxylic acids is 1. The molecule has 24 heavy (non-hydrogen) atoms. The van der Waals surface area contributed by atoms with Gasteiger partial charge < -0.3 is 9.73 Å². The number of rotatable bonds is 4. The first-order valence-electron chi connectivity index (χ1n) is 8.61. The molecule has 1 amide bonds. The van der Waals surface area contributed by atoms with E-state index in [4.69, 9.17) is 16.0 Å². The van der Waals surface area contributed by atoms with Gasteiger partial charge in [0.05, 0.1) is 5.02 Å². The average molecular weight is 349 g/mol. The highest BCUT2D eigenvalue weighted by Gasteiger charge is 2.29. The van der Waals surface area contributed by atoms with Gasteiger partial charge in [-0.15, -0.1) is 0 Å². The summed E-state index contributed by atoms with van der Waals surface area (Å²) in [6, 6.07) is 5.57. The van der Waals surface area contributed by atoms with Crippen molar-refractivity contribution >= 4 is 28.5 Å². The molecule has 0 atom stereocenters. The topological polar surface area (TPSA) is 45.5 Å². The van der Waals surface area contributed by atoms with Crippen LogP contribution in [0.2, 0.25) is 5.02 Å². The molecular formula is C19H25ClN2O2. The molecule has 3 rings (SSSR count). The minimum Gasteiger partial charge on any atom is -0.449 e. The van der Waals surface area contributed by atoms with Crippen LogP contribution in [-0.2, 0) is 0 Å². The van der Waals surface area contributed by atoms with Gasteiger partial charge >= 0.3 is 0 Å². The highest BCUT2D eigenvalue weighted by molar-refractivity contribution is 6.35. The summed E-state index contributed by atoms with van der Waals surface area (Å²) >= 11 is 6.17. The Kier molecular flexibility index (Phi) is 4.88. The molecule has 0 saturated carbocycles. The molecule has 2 heterocycles. The van der Waals surface area contributed by atoms with Crippen LogP contribution in [0.25, 0.3) is 11.0 Å². The van der Waals surface area contributed by atoms with Crippen LogP contribution in [0.1, 0.15) is 49.2 Å². The van der Waals surface area contributed by atoms with E-state index in [9.17, 15) is 4.79 Å². The molecule has 1 aliphatic rings. The molecule has 0 aliphatic carbocycles. The number of halogens is 1. The predicted molar refractivity (Wildman–Crippen MR) is 97.8 cm³/mol. The second kappa shape index (κ2) is 6.77. The molecule has 1 aromatic carbocycles. The Morgan fingerprint density at radius 2 is 2.00 bits per heavy atom. The third-order valence-electron chi connectivity index (χ3n) is 5.02. The number of piperidine rings is 1. The summed E-state index contributed by atoms with van der Waals surface area (Å²) in [6.07, 6.45) is 3.77. The van der Waals surface area contributed by atoms with Crippen LogP contribution in [0.5, 0.6) is 0 Å². The molecule has 0 spiro atoms. The fraction of sp³-hybridized carbons (Fsp3) is 0.526. The molecular weight excluding hydrogens is 324 g/mol. The van der Waals surface area contributed by atoms with Crippen LogP contribution >= 0.6 is 11.6 Å². The summed E-state index contributed by atoms with van der Waals surface area (Å²) in [5.74, 6) is 0.178. The van der Waals surface area contributed by atoms with Gasteiger partial charge in [-0.3, -0.25) is 9.69 Å². The maximum absolute atomic E-state index is 12.6. The van der Waals surface area contributed by atoms with Gasteiger partial charge in [0.1, 0.15) is 0 Å². The van der Waals surface area contributed by atoms with E-state index in [1.54, 1.807) is 6.07 Å². The Bertz CT molecular complexity index is 745. The van der Waals surface area contributed by atoms with E-state index < -0.39 is 0 Å². The number of carbonyl (C=O) groups is 1. The van der Waals surface area contributed by atoms with E-state index in [2.05, 4.69) is 24.1 Å². The number of furan rings is 1. The first kappa shape index (κ1) is 17.3. The normalized spacial score (nSPS) is 16.5. The third-order valence-corrected chi connectivity index (χ3v) is 5.31. The van der Waals surface area contributed by atoms with E-state index in [1.165, 1.54) is 19.3 Å². The van der Waals surface area contributed by atoms with Crippen molar-refractivity contribution in [3.8, 4) is 0 Å². The van der Waals surface area contributed by atoms with Crippen LogP contribution in [-0.4, -0.2) is 36.0 Å². The quantitative estimate of drug-likeness (QED) is 0.891. The third kappa shape index (κ3) is 3.31. The fourth-order valence-corrected chi connectivity index (χ4v) is 3.63. The average Bonchev–Trinajstić information content (AvgIpc) is 2.92. The number of nitrogens with zero attached hydrogens (tertiary/aromatic N) is 1. The predicted octanol–water partition coefficient (Wildman–Crippen LogP) is 4.39. The van der Waals surface area contributed by atoms with Gasteiger partial charge in [-0.25, -0.2) is 0 Å². The highest BCUT2D eigenvalue weighted by Crippen LogP contribution is 2.30. The van der Waals surface area contributed by atoms with Gasteiger partial charge in [0.25, 0.3) is 5.91 Å².